The van der Waals surface area contributed by atoms with Gasteiger partial charge >= 0.3 is 0 Å². The average molecular weight is 496 g/mol. The zero-order valence-electron chi connectivity index (χ0n) is 20.2. The number of benzene rings is 3. The van der Waals surface area contributed by atoms with E-state index in [0.29, 0.717) is 23.7 Å². The van der Waals surface area contributed by atoms with Gasteiger partial charge in [-0.1, -0.05) is 48.0 Å². The maximum absolute atomic E-state index is 13.5. The quantitative estimate of drug-likeness (QED) is 0.549. The first kappa shape index (κ1) is 25.0. The molecular formula is C27H30FN3O3S. The van der Waals surface area contributed by atoms with Gasteiger partial charge in [0.05, 0.1) is 4.90 Å². The van der Waals surface area contributed by atoms with Crippen molar-refractivity contribution in [2.75, 3.05) is 31.5 Å². The summed E-state index contributed by atoms with van der Waals surface area (Å²) in [5.74, 6) is -0.622. The molecule has 1 aliphatic rings. The standard InChI is InChI=1S/C27H30FN3O3S/c1-19-17-20(2)26(21(3)18-19)35(33,34)31-15-13-30(14-16-31)25(22-7-5-4-6-8-22)27(32)29-24-11-9-23(28)10-12-24/h4-12,17-18,25H,13-16H2,1-3H3,(H,29,32)/t25-/m1/s1. The molecule has 0 spiro atoms. The van der Waals surface area contributed by atoms with E-state index in [4.69, 9.17) is 0 Å². The van der Waals surface area contributed by atoms with Crippen LogP contribution in [0.2, 0.25) is 0 Å². The molecule has 0 saturated carbocycles. The van der Waals surface area contributed by atoms with E-state index in [0.717, 1.165) is 22.3 Å². The third-order valence-electron chi connectivity index (χ3n) is 6.32. The monoisotopic (exact) mass is 495 g/mol. The molecule has 1 N–H and O–H groups in total. The Hall–Kier alpha value is -3.07. The summed E-state index contributed by atoms with van der Waals surface area (Å²) in [6.07, 6.45) is 0. The highest BCUT2D eigenvalue weighted by molar-refractivity contribution is 7.89. The van der Waals surface area contributed by atoms with Crippen LogP contribution in [0, 0.1) is 26.6 Å². The third kappa shape index (κ3) is 5.45. The van der Waals surface area contributed by atoms with Crippen molar-refractivity contribution < 1.29 is 17.6 Å². The molecule has 1 fully saturated rings. The number of piperazine rings is 1. The molecule has 0 unspecified atom stereocenters. The van der Waals surface area contributed by atoms with E-state index in [-0.39, 0.29) is 24.8 Å². The van der Waals surface area contributed by atoms with Crippen LogP contribution in [0.5, 0.6) is 0 Å². The smallest absolute Gasteiger partial charge is 0.246 e. The number of carbonyl (C=O) groups is 1. The minimum atomic E-state index is -3.66. The van der Waals surface area contributed by atoms with E-state index in [1.807, 2.05) is 68.1 Å². The van der Waals surface area contributed by atoms with Crippen LogP contribution in [0.3, 0.4) is 0 Å². The molecule has 0 aromatic heterocycles. The molecule has 1 aliphatic heterocycles. The average Bonchev–Trinajstić information content (AvgIpc) is 2.81. The number of hydrogen-bond donors (Lipinski definition) is 1. The predicted molar refractivity (Wildman–Crippen MR) is 135 cm³/mol. The molecule has 6 nitrogen and oxygen atoms in total. The van der Waals surface area contributed by atoms with E-state index in [2.05, 4.69) is 5.32 Å². The van der Waals surface area contributed by atoms with E-state index >= 15 is 0 Å². The number of halogens is 1. The summed E-state index contributed by atoms with van der Waals surface area (Å²) < 4.78 is 41.8. The van der Waals surface area contributed by atoms with E-state index in [1.165, 1.54) is 28.6 Å². The Morgan fingerprint density at radius 1 is 0.886 bits per heavy atom. The van der Waals surface area contributed by atoms with Gasteiger partial charge in [-0.15, -0.1) is 0 Å². The summed E-state index contributed by atoms with van der Waals surface area (Å²) >= 11 is 0. The van der Waals surface area contributed by atoms with Crippen molar-refractivity contribution in [2.24, 2.45) is 0 Å². The molecule has 0 radical (unpaired) electrons. The molecule has 3 aromatic rings. The van der Waals surface area contributed by atoms with Gasteiger partial charge in [0, 0.05) is 31.9 Å². The molecule has 184 valence electrons. The van der Waals surface area contributed by atoms with Gasteiger partial charge < -0.3 is 5.32 Å². The Bertz CT molecular complexity index is 1280. The lowest BCUT2D eigenvalue weighted by Crippen LogP contribution is -2.51. The highest BCUT2D eigenvalue weighted by Gasteiger charge is 2.35. The minimum Gasteiger partial charge on any atom is -0.324 e. The zero-order valence-corrected chi connectivity index (χ0v) is 21.0. The van der Waals surface area contributed by atoms with Gasteiger partial charge in [0.15, 0.2) is 0 Å². The fraction of sp³-hybridized carbons (Fsp3) is 0.296. The van der Waals surface area contributed by atoms with Gasteiger partial charge in [0.2, 0.25) is 15.9 Å². The minimum absolute atomic E-state index is 0.246. The molecule has 8 heteroatoms. The predicted octanol–water partition coefficient (Wildman–Crippen LogP) is 4.44. The molecule has 0 bridgehead atoms. The Labute approximate surface area is 206 Å². The molecular weight excluding hydrogens is 465 g/mol. The van der Waals surface area contributed by atoms with Crippen molar-refractivity contribution >= 4 is 21.6 Å². The van der Waals surface area contributed by atoms with Crippen LogP contribution >= 0.6 is 0 Å². The SMILES string of the molecule is Cc1cc(C)c(S(=O)(=O)N2CCN([C@@H](C(=O)Nc3ccc(F)cc3)c3ccccc3)CC2)c(C)c1. The number of nitrogens with zero attached hydrogens (tertiary/aromatic N) is 2. The van der Waals surface area contributed by atoms with Crippen molar-refractivity contribution in [3.05, 3.63) is 94.8 Å². The molecule has 1 atom stereocenters. The topological polar surface area (TPSA) is 69.7 Å². The van der Waals surface area contributed by atoms with Crippen LogP contribution in [0.1, 0.15) is 28.3 Å². The van der Waals surface area contributed by atoms with Crippen LogP contribution < -0.4 is 5.32 Å². The summed E-state index contributed by atoms with van der Waals surface area (Å²) in [5.41, 5.74) is 3.83. The van der Waals surface area contributed by atoms with Gasteiger partial charge in [0.1, 0.15) is 11.9 Å². The molecule has 1 saturated heterocycles. The summed E-state index contributed by atoms with van der Waals surface area (Å²) in [6.45, 7) is 6.97. The van der Waals surface area contributed by atoms with E-state index in [1.54, 1.807) is 0 Å². The fourth-order valence-electron chi connectivity index (χ4n) is 4.81. The van der Waals surface area contributed by atoms with Crippen molar-refractivity contribution in [3.63, 3.8) is 0 Å². The summed E-state index contributed by atoms with van der Waals surface area (Å²) in [7, 11) is -3.66. The number of anilines is 1. The molecule has 35 heavy (non-hydrogen) atoms. The van der Waals surface area contributed by atoms with Crippen molar-refractivity contribution in [1.29, 1.82) is 0 Å². The van der Waals surface area contributed by atoms with E-state index < -0.39 is 16.1 Å². The second-order valence-electron chi connectivity index (χ2n) is 8.98. The number of carbonyl (C=O) groups excluding carboxylic acids is 1. The number of rotatable bonds is 6. The van der Waals surface area contributed by atoms with Crippen LogP contribution in [0.25, 0.3) is 0 Å². The van der Waals surface area contributed by atoms with Crippen molar-refractivity contribution in [3.8, 4) is 0 Å². The summed E-state index contributed by atoms with van der Waals surface area (Å²) in [6, 6.07) is 18.2. The number of sulfonamides is 1. The number of nitrogens with one attached hydrogen (secondary N) is 1. The third-order valence-corrected chi connectivity index (χ3v) is 8.52. The second kappa shape index (κ2) is 10.3. The normalized spacial score (nSPS) is 16.1. The van der Waals surface area contributed by atoms with Crippen molar-refractivity contribution in [2.45, 2.75) is 31.7 Å². The molecule has 1 heterocycles. The highest BCUT2D eigenvalue weighted by Crippen LogP contribution is 2.29. The molecule has 4 rings (SSSR count). The number of aryl methyl sites for hydroxylation is 3. The fourth-order valence-corrected chi connectivity index (χ4v) is 6.65. The first-order valence-electron chi connectivity index (χ1n) is 11.6. The molecule has 3 aromatic carbocycles. The van der Waals surface area contributed by atoms with Gasteiger partial charge in [-0.25, -0.2) is 12.8 Å². The summed E-state index contributed by atoms with van der Waals surface area (Å²) in [5, 5.41) is 2.87. The summed E-state index contributed by atoms with van der Waals surface area (Å²) in [4.78, 5) is 15.7. The van der Waals surface area contributed by atoms with Gasteiger partial charge in [-0.05, 0) is 61.7 Å². The Morgan fingerprint density at radius 3 is 2.03 bits per heavy atom. The van der Waals surface area contributed by atoms with Crippen LogP contribution in [-0.4, -0.2) is 49.7 Å². The van der Waals surface area contributed by atoms with Gasteiger partial charge in [-0.2, -0.15) is 4.31 Å². The lowest BCUT2D eigenvalue weighted by atomic mass is 10.0. The highest BCUT2D eigenvalue weighted by atomic mass is 32.2. The Morgan fingerprint density at radius 2 is 1.46 bits per heavy atom. The number of hydrogen-bond acceptors (Lipinski definition) is 4. The first-order chi connectivity index (χ1) is 16.7. The molecule has 1 amide bonds. The second-order valence-corrected chi connectivity index (χ2v) is 10.9. The van der Waals surface area contributed by atoms with Crippen LogP contribution in [0.4, 0.5) is 10.1 Å². The lowest BCUT2D eigenvalue weighted by molar-refractivity contribution is -0.122. The maximum Gasteiger partial charge on any atom is 0.246 e. The van der Waals surface area contributed by atoms with Gasteiger partial charge in [0.25, 0.3) is 0 Å². The molecule has 0 aliphatic carbocycles. The van der Waals surface area contributed by atoms with Crippen LogP contribution in [-0.2, 0) is 14.8 Å². The first-order valence-corrected chi connectivity index (χ1v) is 13.0. The Balaban J connectivity index is 1.54. The van der Waals surface area contributed by atoms with Crippen molar-refractivity contribution in [1.82, 2.24) is 9.21 Å². The number of amides is 1. The van der Waals surface area contributed by atoms with Crippen LogP contribution in [0.15, 0.2) is 71.6 Å². The van der Waals surface area contributed by atoms with E-state index in [9.17, 15) is 17.6 Å². The van der Waals surface area contributed by atoms with Gasteiger partial charge in [-0.3, -0.25) is 9.69 Å². The Kier molecular flexibility index (Phi) is 7.35. The maximum atomic E-state index is 13.5. The lowest BCUT2D eigenvalue weighted by Gasteiger charge is -2.38. The zero-order chi connectivity index (χ0) is 25.2. The largest absolute Gasteiger partial charge is 0.324 e.